The van der Waals surface area contributed by atoms with E-state index in [4.69, 9.17) is 9.15 Å². The molecule has 9 heteroatoms. The van der Waals surface area contributed by atoms with Crippen molar-refractivity contribution >= 4 is 22.8 Å². The molecule has 0 saturated heterocycles. The number of furan rings is 1. The Labute approximate surface area is 187 Å². The van der Waals surface area contributed by atoms with Crippen molar-refractivity contribution in [1.29, 1.82) is 0 Å². The molecule has 0 radical (unpaired) electrons. The molecule has 0 bridgehead atoms. The van der Waals surface area contributed by atoms with E-state index in [1.54, 1.807) is 28.8 Å². The SMILES string of the molecule is COCCNC(=O)C(c1ccc(C)o1)N(CCC(C)C)C(=O)Cn1nnc2ccccc21. The normalized spacial score (nSPS) is 12.3. The summed E-state index contributed by atoms with van der Waals surface area (Å²) in [5.74, 6) is 0.915. The number of methoxy groups -OCH3 is 1. The Bertz CT molecular complexity index is 1040. The van der Waals surface area contributed by atoms with Crippen LogP contribution in [-0.4, -0.2) is 58.5 Å². The van der Waals surface area contributed by atoms with Gasteiger partial charge in [-0.1, -0.05) is 31.2 Å². The van der Waals surface area contributed by atoms with Crippen molar-refractivity contribution in [3.8, 4) is 0 Å². The fourth-order valence-electron chi connectivity index (χ4n) is 3.45. The molecule has 32 heavy (non-hydrogen) atoms. The van der Waals surface area contributed by atoms with Gasteiger partial charge in [-0.25, -0.2) is 4.68 Å². The van der Waals surface area contributed by atoms with Gasteiger partial charge >= 0.3 is 0 Å². The molecule has 0 aliphatic rings. The van der Waals surface area contributed by atoms with E-state index in [0.717, 1.165) is 11.9 Å². The van der Waals surface area contributed by atoms with Crippen molar-refractivity contribution in [2.75, 3.05) is 26.8 Å². The van der Waals surface area contributed by atoms with Crippen LogP contribution in [0.1, 0.15) is 37.8 Å². The van der Waals surface area contributed by atoms with Gasteiger partial charge in [0.1, 0.15) is 23.6 Å². The first kappa shape index (κ1) is 23.5. The zero-order chi connectivity index (χ0) is 23.1. The fourth-order valence-corrected chi connectivity index (χ4v) is 3.45. The zero-order valence-electron chi connectivity index (χ0n) is 19.1. The van der Waals surface area contributed by atoms with E-state index in [1.165, 1.54) is 0 Å². The molecule has 0 saturated carbocycles. The van der Waals surface area contributed by atoms with E-state index in [9.17, 15) is 9.59 Å². The van der Waals surface area contributed by atoms with Gasteiger partial charge < -0.3 is 19.4 Å². The number of fused-ring (bicyclic) bond motifs is 1. The van der Waals surface area contributed by atoms with Gasteiger partial charge in [-0.05, 0) is 43.5 Å². The number of hydrogen-bond acceptors (Lipinski definition) is 6. The lowest BCUT2D eigenvalue weighted by Gasteiger charge is -2.30. The summed E-state index contributed by atoms with van der Waals surface area (Å²) in [6.07, 6.45) is 0.741. The topological polar surface area (TPSA) is 102 Å². The molecule has 3 aromatic rings. The van der Waals surface area contributed by atoms with Gasteiger partial charge in [0.05, 0.1) is 12.1 Å². The first-order valence-corrected chi connectivity index (χ1v) is 10.8. The number of rotatable bonds is 11. The maximum atomic E-state index is 13.5. The second-order valence-electron chi connectivity index (χ2n) is 8.14. The highest BCUT2D eigenvalue weighted by molar-refractivity contribution is 5.88. The highest BCUT2D eigenvalue weighted by atomic mass is 16.5. The van der Waals surface area contributed by atoms with Gasteiger partial charge in [0, 0.05) is 20.2 Å². The molecule has 1 unspecified atom stereocenters. The number of ether oxygens (including phenoxy) is 1. The number of benzene rings is 1. The minimum Gasteiger partial charge on any atom is -0.464 e. The van der Waals surface area contributed by atoms with Gasteiger partial charge in [-0.15, -0.1) is 5.10 Å². The Morgan fingerprint density at radius 2 is 2.00 bits per heavy atom. The fraction of sp³-hybridized carbons (Fsp3) is 0.478. The molecular weight excluding hydrogens is 410 g/mol. The molecule has 172 valence electrons. The molecule has 1 N–H and O–H groups in total. The average Bonchev–Trinajstić information content (AvgIpc) is 3.37. The van der Waals surface area contributed by atoms with Crippen LogP contribution >= 0.6 is 0 Å². The predicted molar refractivity (Wildman–Crippen MR) is 120 cm³/mol. The molecule has 3 rings (SSSR count). The van der Waals surface area contributed by atoms with Crippen molar-refractivity contribution in [2.24, 2.45) is 5.92 Å². The van der Waals surface area contributed by atoms with Crippen LogP contribution in [0, 0.1) is 12.8 Å². The lowest BCUT2D eigenvalue weighted by Crippen LogP contribution is -2.46. The number of aromatic nitrogens is 3. The highest BCUT2D eigenvalue weighted by Crippen LogP contribution is 2.25. The minimum absolute atomic E-state index is 0.0276. The third-order valence-electron chi connectivity index (χ3n) is 5.17. The molecule has 0 fully saturated rings. The maximum Gasteiger partial charge on any atom is 0.250 e. The second-order valence-corrected chi connectivity index (χ2v) is 8.14. The molecule has 2 heterocycles. The summed E-state index contributed by atoms with van der Waals surface area (Å²) in [6.45, 7) is 7.07. The number of carbonyl (C=O) groups is 2. The zero-order valence-corrected chi connectivity index (χ0v) is 19.1. The summed E-state index contributed by atoms with van der Waals surface area (Å²) in [5, 5.41) is 11.1. The Balaban J connectivity index is 1.91. The summed E-state index contributed by atoms with van der Waals surface area (Å²) in [7, 11) is 1.57. The van der Waals surface area contributed by atoms with E-state index < -0.39 is 6.04 Å². The van der Waals surface area contributed by atoms with Crippen LogP contribution in [-0.2, 0) is 20.9 Å². The molecule has 2 amide bonds. The first-order chi connectivity index (χ1) is 15.4. The summed E-state index contributed by atoms with van der Waals surface area (Å²) in [4.78, 5) is 28.3. The number of nitrogens with one attached hydrogen (secondary N) is 1. The standard InChI is InChI=1S/C23H31N5O4/c1-16(2)11-13-27(21(29)15-28-19-8-6-5-7-18(19)25-26-28)22(20-10-9-17(3)32-20)23(30)24-12-14-31-4/h5-10,16,22H,11-15H2,1-4H3,(H,24,30). The van der Waals surface area contributed by atoms with Crippen LogP contribution < -0.4 is 5.32 Å². The van der Waals surface area contributed by atoms with Crippen LogP contribution in [0.15, 0.2) is 40.8 Å². The number of nitrogens with zero attached hydrogens (tertiary/aromatic N) is 4. The second kappa shape index (κ2) is 10.9. The lowest BCUT2D eigenvalue weighted by molar-refractivity contribution is -0.142. The van der Waals surface area contributed by atoms with Crippen molar-refractivity contribution in [1.82, 2.24) is 25.2 Å². The van der Waals surface area contributed by atoms with E-state index in [0.29, 0.717) is 42.7 Å². The number of hydrogen-bond donors (Lipinski definition) is 1. The van der Waals surface area contributed by atoms with Gasteiger partial charge in [0.2, 0.25) is 5.91 Å². The van der Waals surface area contributed by atoms with Crippen LogP contribution in [0.5, 0.6) is 0 Å². The third kappa shape index (κ3) is 5.73. The van der Waals surface area contributed by atoms with E-state index in [-0.39, 0.29) is 18.4 Å². The summed E-state index contributed by atoms with van der Waals surface area (Å²) < 4.78 is 12.4. The molecule has 9 nitrogen and oxygen atoms in total. The Morgan fingerprint density at radius 1 is 1.22 bits per heavy atom. The molecule has 0 spiro atoms. The Hall–Kier alpha value is -3.20. The van der Waals surface area contributed by atoms with Gasteiger partial charge in [-0.3, -0.25) is 9.59 Å². The van der Waals surface area contributed by atoms with Crippen molar-refractivity contribution in [3.63, 3.8) is 0 Å². The Morgan fingerprint density at radius 3 is 2.69 bits per heavy atom. The molecular formula is C23H31N5O4. The average molecular weight is 442 g/mol. The Kier molecular flexibility index (Phi) is 7.99. The van der Waals surface area contributed by atoms with Gasteiger partial charge in [-0.2, -0.15) is 0 Å². The van der Waals surface area contributed by atoms with E-state index in [2.05, 4.69) is 29.5 Å². The number of carbonyl (C=O) groups excluding carboxylic acids is 2. The lowest BCUT2D eigenvalue weighted by atomic mass is 10.1. The summed E-state index contributed by atoms with van der Waals surface area (Å²) in [5.41, 5.74) is 1.48. The summed E-state index contributed by atoms with van der Waals surface area (Å²) >= 11 is 0. The molecule has 1 aromatic carbocycles. The quantitative estimate of drug-likeness (QED) is 0.459. The smallest absolute Gasteiger partial charge is 0.250 e. The highest BCUT2D eigenvalue weighted by Gasteiger charge is 2.34. The van der Waals surface area contributed by atoms with Gasteiger partial charge in [0.15, 0.2) is 6.04 Å². The van der Waals surface area contributed by atoms with Crippen molar-refractivity contribution < 1.29 is 18.7 Å². The van der Waals surface area contributed by atoms with Crippen molar-refractivity contribution in [3.05, 3.63) is 47.9 Å². The third-order valence-corrected chi connectivity index (χ3v) is 5.17. The molecule has 0 aliphatic carbocycles. The largest absolute Gasteiger partial charge is 0.464 e. The predicted octanol–water partition coefficient (Wildman–Crippen LogP) is 2.71. The number of aryl methyl sites for hydroxylation is 1. The van der Waals surface area contributed by atoms with Gasteiger partial charge in [0.25, 0.3) is 5.91 Å². The maximum absolute atomic E-state index is 13.5. The number of amides is 2. The van der Waals surface area contributed by atoms with Crippen LogP contribution in [0.3, 0.4) is 0 Å². The molecule has 1 atom stereocenters. The first-order valence-electron chi connectivity index (χ1n) is 10.8. The molecule has 2 aromatic heterocycles. The van der Waals surface area contributed by atoms with Crippen LogP contribution in [0.4, 0.5) is 0 Å². The van der Waals surface area contributed by atoms with Crippen LogP contribution in [0.2, 0.25) is 0 Å². The minimum atomic E-state index is -0.887. The monoisotopic (exact) mass is 441 g/mol. The van der Waals surface area contributed by atoms with Crippen molar-refractivity contribution in [2.45, 2.75) is 39.8 Å². The molecule has 0 aliphatic heterocycles. The summed E-state index contributed by atoms with van der Waals surface area (Å²) in [6, 6.07) is 10.1. The van der Waals surface area contributed by atoms with E-state index in [1.807, 2.05) is 31.2 Å². The van der Waals surface area contributed by atoms with E-state index >= 15 is 0 Å². The van der Waals surface area contributed by atoms with Crippen LogP contribution in [0.25, 0.3) is 11.0 Å². The number of para-hydroxylation sites is 1.